The number of aromatic nitrogens is 2. The minimum absolute atomic E-state index is 0.0101. The average Bonchev–Trinajstić information content (AvgIpc) is 2.94. The predicted molar refractivity (Wildman–Crippen MR) is 70.7 cm³/mol. The molecule has 1 amide bonds. The fourth-order valence-electron chi connectivity index (χ4n) is 2.02. The second kappa shape index (κ2) is 7.04. The number of ether oxygens (including phenoxy) is 3. The van der Waals surface area contributed by atoms with Gasteiger partial charge in [0, 0.05) is 32.0 Å². The van der Waals surface area contributed by atoms with Crippen molar-refractivity contribution in [1.82, 2.24) is 14.9 Å². The van der Waals surface area contributed by atoms with Gasteiger partial charge in [0.1, 0.15) is 12.7 Å². The molecule has 1 aromatic heterocycles. The van der Waals surface area contributed by atoms with Crippen LogP contribution < -0.4 is 9.47 Å². The lowest BCUT2D eigenvalue weighted by molar-refractivity contribution is -0.135. The molecule has 0 saturated carbocycles. The van der Waals surface area contributed by atoms with Crippen molar-refractivity contribution in [3.8, 4) is 11.8 Å². The second-order valence-corrected chi connectivity index (χ2v) is 4.38. The number of nitrogens with zero attached hydrogens (tertiary/aromatic N) is 3. The van der Waals surface area contributed by atoms with Crippen LogP contribution in [-0.4, -0.2) is 60.3 Å². The number of hydrogen-bond acceptors (Lipinski definition) is 6. The summed E-state index contributed by atoms with van der Waals surface area (Å²) in [7, 11) is 1.52. The smallest absolute Gasteiger partial charge is 0.278 e. The molecule has 2 rings (SSSR count). The highest BCUT2D eigenvalue weighted by molar-refractivity contribution is 5.77. The van der Waals surface area contributed by atoms with Crippen LogP contribution in [0.4, 0.5) is 0 Å². The van der Waals surface area contributed by atoms with E-state index in [0.29, 0.717) is 31.5 Å². The first kappa shape index (κ1) is 14.5. The average molecular weight is 281 g/mol. The third kappa shape index (κ3) is 3.57. The fraction of sp³-hybridized carbons (Fsp3) is 0.615. The third-order valence-corrected chi connectivity index (χ3v) is 3.03. The number of carbonyl (C=O) groups excluding carboxylic acids is 1. The molecule has 7 heteroatoms. The quantitative estimate of drug-likeness (QED) is 0.756. The lowest BCUT2D eigenvalue weighted by Crippen LogP contribution is -2.33. The molecule has 1 aromatic rings. The van der Waals surface area contributed by atoms with Gasteiger partial charge in [0.05, 0.1) is 13.7 Å². The number of amides is 1. The van der Waals surface area contributed by atoms with E-state index in [4.69, 9.17) is 14.2 Å². The molecular formula is C13H19N3O4. The molecule has 0 N–H and O–H groups in total. The summed E-state index contributed by atoms with van der Waals surface area (Å²) in [5.41, 5.74) is 0. The van der Waals surface area contributed by atoms with Crippen molar-refractivity contribution in [2.24, 2.45) is 0 Å². The Kier molecular flexibility index (Phi) is 5.11. The van der Waals surface area contributed by atoms with Crippen molar-refractivity contribution in [3.05, 3.63) is 12.4 Å². The summed E-state index contributed by atoms with van der Waals surface area (Å²) in [5.74, 6) is 0.703. The maximum Gasteiger partial charge on any atom is 0.278 e. The zero-order valence-corrected chi connectivity index (χ0v) is 11.7. The fourth-order valence-corrected chi connectivity index (χ4v) is 2.02. The first-order valence-corrected chi connectivity index (χ1v) is 6.61. The minimum atomic E-state index is -0.0915. The molecular weight excluding hydrogens is 262 g/mol. The summed E-state index contributed by atoms with van der Waals surface area (Å²) in [6.45, 7) is 3.72. The van der Waals surface area contributed by atoms with Crippen LogP contribution in [0.15, 0.2) is 12.4 Å². The Labute approximate surface area is 117 Å². The standard InChI is InChI=1S/C13H19N3O4/c1-3-19-9-11(17)16-7-4-10(8-16)20-13-12(18-2)14-5-6-15-13/h5-6,10H,3-4,7-9H2,1-2H3. The minimum Gasteiger partial charge on any atom is -0.477 e. The molecule has 20 heavy (non-hydrogen) atoms. The molecule has 1 aliphatic heterocycles. The van der Waals surface area contributed by atoms with Crippen LogP contribution in [0, 0.1) is 0 Å². The Balaban J connectivity index is 1.88. The number of carbonyl (C=O) groups is 1. The summed E-state index contributed by atoms with van der Waals surface area (Å²) < 4.78 is 16.0. The van der Waals surface area contributed by atoms with Gasteiger partial charge < -0.3 is 19.1 Å². The SMILES string of the molecule is CCOCC(=O)N1CCC(Oc2nccnc2OC)C1. The largest absolute Gasteiger partial charge is 0.477 e. The number of methoxy groups -OCH3 is 1. The monoisotopic (exact) mass is 281 g/mol. The molecule has 0 radical (unpaired) electrons. The van der Waals surface area contributed by atoms with Crippen molar-refractivity contribution in [2.75, 3.05) is 33.4 Å². The van der Waals surface area contributed by atoms with Crippen molar-refractivity contribution in [1.29, 1.82) is 0 Å². The molecule has 1 saturated heterocycles. The molecule has 110 valence electrons. The third-order valence-electron chi connectivity index (χ3n) is 3.03. The van der Waals surface area contributed by atoms with Crippen LogP contribution in [0.3, 0.4) is 0 Å². The zero-order chi connectivity index (χ0) is 14.4. The van der Waals surface area contributed by atoms with E-state index in [1.54, 1.807) is 11.1 Å². The van der Waals surface area contributed by atoms with Gasteiger partial charge >= 0.3 is 0 Å². The highest BCUT2D eigenvalue weighted by atomic mass is 16.5. The molecule has 1 aliphatic rings. The Morgan fingerprint density at radius 3 is 2.85 bits per heavy atom. The van der Waals surface area contributed by atoms with Gasteiger partial charge in [-0.3, -0.25) is 4.79 Å². The van der Waals surface area contributed by atoms with Gasteiger partial charge in [-0.1, -0.05) is 0 Å². The maximum absolute atomic E-state index is 11.8. The van der Waals surface area contributed by atoms with Crippen molar-refractivity contribution < 1.29 is 19.0 Å². The zero-order valence-electron chi connectivity index (χ0n) is 11.7. The second-order valence-electron chi connectivity index (χ2n) is 4.38. The highest BCUT2D eigenvalue weighted by Crippen LogP contribution is 2.23. The van der Waals surface area contributed by atoms with Crippen LogP contribution in [0.25, 0.3) is 0 Å². The van der Waals surface area contributed by atoms with Gasteiger partial charge in [-0.15, -0.1) is 0 Å². The van der Waals surface area contributed by atoms with Gasteiger partial charge in [-0.05, 0) is 6.92 Å². The summed E-state index contributed by atoms with van der Waals surface area (Å²) in [4.78, 5) is 21.7. The highest BCUT2D eigenvalue weighted by Gasteiger charge is 2.28. The molecule has 0 bridgehead atoms. The van der Waals surface area contributed by atoms with Crippen LogP contribution >= 0.6 is 0 Å². The molecule has 7 nitrogen and oxygen atoms in total. The molecule has 0 aliphatic carbocycles. The van der Waals surface area contributed by atoms with Gasteiger partial charge in [-0.2, -0.15) is 0 Å². The van der Waals surface area contributed by atoms with E-state index in [9.17, 15) is 4.79 Å². The molecule has 0 spiro atoms. The van der Waals surface area contributed by atoms with Gasteiger partial charge in [0.15, 0.2) is 0 Å². The lowest BCUT2D eigenvalue weighted by Gasteiger charge is -2.17. The van der Waals surface area contributed by atoms with Gasteiger partial charge in [0.25, 0.3) is 11.8 Å². The summed E-state index contributed by atoms with van der Waals surface area (Å²) in [5, 5.41) is 0. The number of likely N-dealkylation sites (tertiary alicyclic amines) is 1. The van der Waals surface area contributed by atoms with E-state index >= 15 is 0 Å². The Hall–Kier alpha value is -1.89. The van der Waals surface area contributed by atoms with Gasteiger partial charge in [-0.25, -0.2) is 9.97 Å². The van der Waals surface area contributed by atoms with Crippen LogP contribution in [0.2, 0.25) is 0 Å². The Bertz CT molecular complexity index is 455. The van der Waals surface area contributed by atoms with Gasteiger partial charge in [0.2, 0.25) is 5.91 Å². The van der Waals surface area contributed by atoms with Crippen molar-refractivity contribution >= 4 is 5.91 Å². The predicted octanol–water partition coefficient (Wildman–Crippen LogP) is 0.501. The van der Waals surface area contributed by atoms with E-state index in [0.717, 1.165) is 6.42 Å². The molecule has 1 atom stereocenters. The van der Waals surface area contributed by atoms with Crippen LogP contribution in [-0.2, 0) is 9.53 Å². The normalized spacial score (nSPS) is 18.1. The molecule has 2 heterocycles. The van der Waals surface area contributed by atoms with E-state index in [2.05, 4.69) is 9.97 Å². The van der Waals surface area contributed by atoms with Crippen LogP contribution in [0.1, 0.15) is 13.3 Å². The molecule has 0 aromatic carbocycles. The number of hydrogen-bond donors (Lipinski definition) is 0. The first-order chi connectivity index (χ1) is 9.74. The topological polar surface area (TPSA) is 73.8 Å². The lowest BCUT2D eigenvalue weighted by atomic mass is 10.3. The van der Waals surface area contributed by atoms with Crippen molar-refractivity contribution in [3.63, 3.8) is 0 Å². The maximum atomic E-state index is 11.8. The van der Waals surface area contributed by atoms with E-state index in [-0.39, 0.29) is 18.6 Å². The van der Waals surface area contributed by atoms with E-state index in [1.807, 2.05) is 6.92 Å². The Morgan fingerprint density at radius 2 is 2.15 bits per heavy atom. The molecule has 1 unspecified atom stereocenters. The summed E-state index contributed by atoms with van der Waals surface area (Å²) in [6, 6.07) is 0. The summed E-state index contributed by atoms with van der Waals surface area (Å²) >= 11 is 0. The first-order valence-electron chi connectivity index (χ1n) is 6.61. The Morgan fingerprint density at radius 1 is 1.40 bits per heavy atom. The molecule has 1 fully saturated rings. The van der Waals surface area contributed by atoms with E-state index < -0.39 is 0 Å². The van der Waals surface area contributed by atoms with Crippen molar-refractivity contribution in [2.45, 2.75) is 19.4 Å². The van der Waals surface area contributed by atoms with Crippen LogP contribution in [0.5, 0.6) is 11.8 Å². The van der Waals surface area contributed by atoms with E-state index in [1.165, 1.54) is 13.3 Å². The summed E-state index contributed by atoms with van der Waals surface area (Å²) in [6.07, 6.45) is 3.76. The number of rotatable bonds is 6.